The zero-order chi connectivity index (χ0) is 8.91. The van der Waals surface area contributed by atoms with Gasteiger partial charge in [0, 0.05) is 0 Å². The van der Waals surface area contributed by atoms with Crippen molar-refractivity contribution in [3.63, 3.8) is 0 Å². The van der Waals surface area contributed by atoms with Crippen molar-refractivity contribution in [2.24, 2.45) is 5.92 Å². The van der Waals surface area contributed by atoms with E-state index >= 15 is 0 Å². The molecular formula is C7H10F4. The van der Waals surface area contributed by atoms with E-state index in [0.29, 0.717) is 0 Å². The van der Waals surface area contributed by atoms with Crippen molar-refractivity contribution in [2.75, 3.05) is 6.67 Å². The Bertz CT molecular complexity index is 125. The molecule has 0 saturated heterocycles. The highest BCUT2D eigenvalue weighted by atomic mass is 19.4. The van der Waals surface area contributed by atoms with E-state index < -0.39 is 18.8 Å². The minimum atomic E-state index is -4.24. The third-order valence-electron chi connectivity index (χ3n) is 1.32. The summed E-state index contributed by atoms with van der Waals surface area (Å²) < 4.78 is 47.0. The van der Waals surface area contributed by atoms with E-state index in [1.165, 1.54) is 6.92 Å². The third-order valence-corrected chi connectivity index (χ3v) is 1.32. The molecule has 0 bridgehead atoms. The molecule has 66 valence electrons. The van der Waals surface area contributed by atoms with Crippen LogP contribution in [0.4, 0.5) is 17.6 Å². The normalized spacial score (nSPS) is 15.7. The Hall–Kier alpha value is -0.540. The van der Waals surface area contributed by atoms with Crippen LogP contribution in [0.15, 0.2) is 12.2 Å². The number of rotatable bonds is 3. The van der Waals surface area contributed by atoms with Crippen molar-refractivity contribution in [1.82, 2.24) is 0 Å². The molecule has 11 heavy (non-hydrogen) atoms. The van der Waals surface area contributed by atoms with E-state index in [1.807, 2.05) is 0 Å². The summed E-state index contributed by atoms with van der Waals surface area (Å²) in [6, 6.07) is 0. The summed E-state index contributed by atoms with van der Waals surface area (Å²) in [6.45, 7) is 0.577. The van der Waals surface area contributed by atoms with E-state index in [0.717, 1.165) is 12.2 Å². The maximum absolute atomic E-state index is 11.9. The van der Waals surface area contributed by atoms with E-state index in [9.17, 15) is 17.6 Å². The molecule has 4 heteroatoms. The van der Waals surface area contributed by atoms with Crippen molar-refractivity contribution in [2.45, 2.75) is 19.5 Å². The average molecular weight is 170 g/mol. The van der Waals surface area contributed by atoms with Gasteiger partial charge in [-0.25, -0.2) is 4.39 Å². The standard InChI is InChI=1S/C7H10F4/c1-2-6(4-3-5-8)7(9,10)11/h3-4,6H,2,5H2,1H3/b4-3-. The molecule has 0 spiro atoms. The summed E-state index contributed by atoms with van der Waals surface area (Å²) in [5.41, 5.74) is 0. The Morgan fingerprint density at radius 1 is 1.36 bits per heavy atom. The lowest BCUT2D eigenvalue weighted by molar-refractivity contribution is -0.161. The van der Waals surface area contributed by atoms with Crippen LogP contribution in [0, 0.1) is 5.92 Å². The fraction of sp³-hybridized carbons (Fsp3) is 0.714. The molecule has 0 aromatic rings. The minimum absolute atomic E-state index is 0.0417. The van der Waals surface area contributed by atoms with Crippen molar-refractivity contribution in [1.29, 1.82) is 0 Å². The molecular weight excluding hydrogens is 160 g/mol. The summed E-state index contributed by atoms with van der Waals surface area (Å²) in [6.07, 6.45) is -2.53. The molecule has 0 N–H and O–H groups in total. The van der Waals surface area contributed by atoms with Crippen LogP contribution in [0.2, 0.25) is 0 Å². The molecule has 0 amide bonds. The minimum Gasteiger partial charge on any atom is -0.247 e. The molecule has 0 aliphatic heterocycles. The lowest BCUT2D eigenvalue weighted by Gasteiger charge is -2.13. The van der Waals surface area contributed by atoms with Crippen LogP contribution < -0.4 is 0 Å². The zero-order valence-corrected chi connectivity index (χ0v) is 6.16. The van der Waals surface area contributed by atoms with Crippen LogP contribution in [0.25, 0.3) is 0 Å². The van der Waals surface area contributed by atoms with Gasteiger partial charge >= 0.3 is 6.18 Å². The topological polar surface area (TPSA) is 0 Å². The van der Waals surface area contributed by atoms with Gasteiger partial charge in [-0.15, -0.1) is 0 Å². The highest BCUT2D eigenvalue weighted by Gasteiger charge is 2.35. The maximum Gasteiger partial charge on any atom is 0.395 e. The first kappa shape index (κ1) is 10.5. The first-order valence-corrected chi connectivity index (χ1v) is 3.31. The lowest BCUT2D eigenvalue weighted by atomic mass is 10.1. The first-order valence-electron chi connectivity index (χ1n) is 3.31. The zero-order valence-electron chi connectivity index (χ0n) is 6.16. The molecule has 0 rings (SSSR count). The van der Waals surface area contributed by atoms with Crippen LogP contribution in [0.1, 0.15) is 13.3 Å². The molecule has 0 aliphatic rings. The number of halogens is 4. The van der Waals surface area contributed by atoms with E-state index in [-0.39, 0.29) is 6.42 Å². The number of allylic oxidation sites excluding steroid dienone is 2. The second-order valence-electron chi connectivity index (χ2n) is 2.14. The number of alkyl halides is 4. The van der Waals surface area contributed by atoms with E-state index in [4.69, 9.17) is 0 Å². The predicted octanol–water partition coefficient (Wildman–Crippen LogP) is 3.10. The smallest absolute Gasteiger partial charge is 0.247 e. The van der Waals surface area contributed by atoms with Gasteiger partial charge in [-0.05, 0) is 6.42 Å². The van der Waals surface area contributed by atoms with Crippen LogP contribution in [0.5, 0.6) is 0 Å². The van der Waals surface area contributed by atoms with E-state index in [2.05, 4.69) is 0 Å². The maximum atomic E-state index is 11.9. The summed E-state index contributed by atoms with van der Waals surface area (Å²) in [7, 11) is 0. The molecule has 0 nitrogen and oxygen atoms in total. The van der Waals surface area contributed by atoms with Crippen LogP contribution >= 0.6 is 0 Å². The van der Waals surface area contributed by atoms with E-state index in [1.54, 1.807) is 0 Å². The first-order chi connectivity index (χ1) is 5.02. The van der Waals surface area contributed by atoms with Crippen LogP contribution in [-0.4, -0.2) is 12.9 Å². The molecule has 0 heterocycles. The van der Waals surface area contributed by atoms with Gasteiger partial charge in [0.25, 0.3) is 0 Å². The SMILES string of the molecule is CCC(/C=C\CF)C(F)(F)F. The molecule has 0 aliphatic carbocycles. The van der Waals surface area contributed by atoms with Gasteiger partial charge in [0.1, 0.15) is 6.67 Å². The largest absolute Gasteiger partial charge is 0.395 e. The van der Waals surface area contributed by atoms with Gasteiger partial charge in [0.2, 0.25) is 0 Å². The second kappa shape index (κ2) is 4.36. The molecule has 0 saturated carbocycles. The lowest BCUT2D eigenvalue weighted by Crippen LogP contribution is -2.19. The van der Waals surface area contributed by atoms with Gasteiger partial charge in [0.05, 0.1) is 5.92 Å². The average Bonchev–Trinajstić information content (AvgIpc) is 1.87. The Morgan fingerprint density at radius 2 is 1.91 bits per heavy atom. The van der Waals surface area contributed by atoms with Gasteiger partial charge < -0.3 is 0 Å². The van der Waals surface area contributed by atoms with Crippen molar-refractivity contribution in [3.05, 3.63) is 12.2 Å². The van der Waals surface area contributed by atoms with Gasteiger partial charge in [-0.3, -0.25) is 0 Å². The second-order valence-corrected chi connectivity index (χ2v) is 2.14. The summed E-state index contributed by atoms with van der Waals surface area (Å²) in [5.74, 6) is -1.50. The third kappa shape index (κ3) is 4.01. The fourth-order valence-corrected chi connectivity index (χ4v) is 0.692. The molecule has 1 atom stereocenters. The van der Waals surface area contributed by atoms with Crippen LogP contribution in [0.3, 0.4) is 0 Å². The quantitative estimate of drug-likeness (QED) is 0.451. The summed E-state index contributed by atoms with van der Waals surface area (Å²) >= 11 is 0. The molecule has 0 fully saturated rings. The summed E-state index contributed by atoms with van der Waals surface area (Å²) in [5, 5.41) is 0. The Morgan fingerprint density at radius 3 is 2.18 bits per heavy atom. The molecule has 0 aromatic heterocycles. The molecule has 1 unspecified atom stereocenters. The van der Waals surface area contributed by atoms with Gasteiger partial charge in [-0.1, -0.05) is 19.1 Å². The monoisotopic (exact) mass is 170 g/mol. The van der Waals surface area contributed by atoms with Crippen molar-refractivity contribution < 1.29 is 17.6 Å². The van der Waals surface area contributed by atoms with Crippen molar-refractivity contribution >= 4 is 0 Å². The Kier molecular flexibility index (Phi) is 4.15. The highest BCUT2D eigenvalue weighted by molar-refractivity contribution is 4.91. The van der Waals surface area contributed by atoms with Gasteiger partial charge in [-0.2, -0.15) is 13.2 Å². The Labute approximate surface area is 62.9 Å². The van der Waals surface area contributed by atoms with Crippen LogP contribution in [-0.2, 0) is 0 Å². The van der Waals surface area contributed by atoms with Gasteiger partial charge in [0.15, 0.2) is 0 Å². The number of hydrogen-bond acceptors (Lipinski definition) is 0. The predicted molar refractivity (Wildman–Crippen MR) is 35.0 cm³/mol. The Balaban J connectivity index is 4.06. The fourth-order valence-electron chi connectivity index (χ4n) is 0.692. The highest BCUT2D eigenvalue weighted by Crippen LogP contribution is 2.29. The summed E-state index contributed by atoms with van der Waals surface area (Å²) in [4.78, 5) is 0. The van der Waals surface area contributed by atoms with Crippen molar-refractivity contribution in [3.8, 4) is 0 Å². The number of hydrogen-bond donors (Lipinski definition) is 0. The molecule has 0 radical (unpaired) electrons. The molecule has 0 aromatic carbocycles.